The van der Waals surface area contributed by atoms with Crippen molar-refractivity contribution in [2.24, 2.45) is 0 Å². The molecule has 0 amide bonds. The third-order valence-electron chi connectivity index (χ3n) is 5.19. The Labute approximate surface area is 164 Å². The zero-order valence-corrected chi connectivity index (χ0v) is 16.5. The van der Waals surface area contributed by atoms with Crippen molar-refractivity contribution in [3.05, 3.63) is 71.6 Å². The number of nitrogens with zero attached hydrogens (tertiary/aromatic N) is 3. The topological polar surface area (TPSA) is 38.3 Å². The van der Waals surface area contributed by atoms with Crippen LogP contribution in [-0.2, 0) is 16.9 Å². The van der Waals surface area contributed by atoms with Gasteiger partial charge in [-0.05, 0) is 43.0 Å². The summed E-state index contributed by atoms with van der Waals surface area (Å²) in [6.07, 6.45) is 7.60. The second kappa shape index (κ2) is 8.30. The van der Waals surface area contributed by atoms with Crippen molar-refractivity contribution < 1.29 is 4.74 Å². The van der Waals surface area contributed by atoms with Gasteiger partial charge in [-0.25, -0.2) is 4.98 Å². The number of rotatable bonds is 6. The van der Waals surface area contributed by atoms with Gasteiger partial charge < -0.3 is 4.74 Å². The van der Waals surface area contributed by atoms with Crippen molar-refractivity contribution >= 4 is 11.3 Å². The maximum absolute atomic E-state index is 6.31. The van der Waals surface area contributed by atoms with Crippen molar-refractivity contribution in [1.29, 1.82) is 0 Å². The summed E-state index contributed by atoms with van der Waals surface area (Å²) in [5, 5.41) is 1.11. The highest BCUT2D eigenvalue weighted by atomic mass is 32.1. The van der Waals surface area contributed by atoms with Crippen LogP contribution in [0, 0.1) is 0 Å². The molecule has 4 nitrogen and oxygen atoms in total. The number of aromatic nitrogens is 2. The number of ether oxygens (including phenoxy) is 1. The van der Waals surface area contributed by atoms with Gasteiger partial charge in [0.2, 0.25) is 0 Å². The highest BCUT2D eigenvalue weighted by molar-refractivity contribution is 7.15. The predicted molar refractivity (Wildman–Crippen MR) is 110 cm³/mol. The molecule has 2 aromatic heterocycles. The van der Waals surface area contributed by atoms with Gasteiger partial charge in [0.15, 0.2) is 0 Å². The van der Waals surface area contributed by atoms with Crippen molar-refractivity contribution in [3.63, 3.8) is 0 Å². The molecule has 140 valence electrons. The normalized spacial score (nSPS) is 17.1. The van der Waals surface area contributed by atoms with Crippen LogP contribution in [0.1, 0.15) is 30.3 Å². The van der Waals surface area contributed by atoms with Crippen LogP contribution in [0.15, 0.2) is 61.1 Å². The van der Waals surface area contributed by atoms with Crippen LogP contribution in [0.4, 0.5) is 0 Å². The summed E-state index contributed by atoms with van der Waals surface area (Å²) in [6, 6.07) is 14.8. The number of hydrogen-bond donors (Lipinski definition) is 0. The molecular formula is C22H25N3OS. The second-order valence-electron chi connectivity index (χ2n) is 6.95. The Morgan fingerprint density at radius 2 is 1.81 bits per heavy atom. The first-order valence-electron chi connectivity index (χ1n) is 9.56. The molecule has 5 heteroatoms. The third-order valence-corrected chi connectivity index (χ3v) is 6.43. The molecule has 27 heavy (non-hydrogen) atoms. The van der Waals surface area contributed by atoms with Crippen LogP contribution in [-0.4, -0.2) is 34.6 Å². The average molecular weight is 380 g/mol. The number of hydrogen-bond acceptors (Lipinski definition) is 5. The molecule has 1 fully saturated rings. The molecule has 1 saturated heterocycles. The quantitative estimate of drug-likeness (QED) is 0.620. The molecule has 0 saturated carbocycles. The van der Waals surface area contributed by atoms with E-state index >= 15 is 0 Å². The van der Waals surface area contributed by atoms with E-state index in [1.165, 1.54) is 16.0 Å². The Morgan fingerprint density at radius 1 is 1.07 bits per heavy atom. The molecule has 0 atom stereocenters. The number of pyridine rings is 1. The monoisotopic (exact) mass is 379 g/mol. The summed E-state index contributed by atoms with van der Waals surface area (Å²) >= 11 is 1.75. The van der Waals surface area contributed by atoms with Gasteiger partial charge >= 0.3 is 0 Å². The van der Waals surface area contributed by atoms with E-state index in [1.54, 1.807) is 11.3 Å². The van der Waals surface area contributed by atoms with E-state index in [1.807, 2.05) is 30.7 Å². The van der Waals surface area contributed by atoms with E-state index in [-0.39, 0.29) is 5.60 Å². The lowest BCUT2D eigenvalue weighted by atomic mass is 9.91. The van der Waals surface area contributed by atoms with Gasteiger partial charge in [-0.2, -0.15) is 0 Å². The van der Waals surface area contributed by atoms with Crippen LogP contribution in [0.3, 0.4) is 0 Å². The van der Waals surface area contributed by atoms with E-state index in [2.05, 4.69) is 47.1 Å². The maximum atomic E-state index is 6.31. The lowest BCUT2D eigenvalue weighted by Crippen LogP contribution is -2.43. The second-order valence-corrected chi connectivity index (χ2v) is 7.99. The van der Waals surface area contributed by atoms with E-state index in [0.29, 0.717) is 6.61 Å². The smallest absolute Gasteiger partial charge is 0.125 e. The van der Waals surface area contributed by atoms with Crippen LogP contribution in [0.5, 0.6) is 0 Å². The number of likely N-dealkylation sites (tertiary alicyclic amines) is 1. The molecular weight excluding hydrogens is 354 g/mol. The summed E-state index contributed by atoms with van der Waals surface area (Å²) < 4.78 is 6.31. The summed E-state index contributed by atoms with van der Waals surface area (Å²) in [7, 11) is 0. The number of thiazole rings is 1. The summed E-state index contributed by atoms with van der Waals surface area (Å²) in [5.74, 6) is 0. The van der Waals surface area contributed by atoms with E-state index in [9.17, 15) is 0 Å². The zero-order chi connectivity index (χ0) is 18.5. The fourth-order valence-electron chi connectivity index (χ4n) is 3.74. The zero-order valence-electron chi connectivity index (χ0n) is 15.7. The fourth-order valence-corrected chi connectivity index (χ4v) is 4.87. The summed E-state index contributed by atoms with van der Waals surface area (Å²) in [6.45, 7) is 5.85. The Bertz CT molecular complexity index is 842. The first kappa shape index (κ1) is 18.3. The average Bonchev–Trinajstić information content (AvgIpc) is 3.22. The maximum Gasteiger partial charge on any atom is 0.125 e. The largest absolute Gasteiger partial charge is 0.368 e. The van der Waals surface area contributed by atoms with Crippen molar-refractivity contribution in [3.8, 4) is 10.4 Å². The number of benzene rings is 1. The fraction of sp³-hybridized carbons (Fsp3) is 0.364. The molecule has 0 aliphatic carbocycles. The highest BCUT2D eigenvalue weighted by Crippen LogP contribution is 2.41. The van der Waals surface area contributed by atoms with Gasteiger partial charge in [0.1, 0.15) is 10.6 Å². The molecule has 1 aliphatic heterocycles. The minimum Gasteiger partial charge on any atom is -0.368 e. The van der Waals surface area contributed by atoms with Crippen LogP contribution < -0.4 is 0 Å². The van der Waals surface area contributed by atoms with E-state index in [4.69, 9.17) is 9.72 Å². The van der Waals surface area contributed by atoms with Gasteiger partial charge in [-0.15, -0.1) is 11.3 Å². The van der Waals surface area contributed by atoms with Crippen molar-refractivity contribution in [2.75, 3.05) is 19.7 Å². The van der Waals surface area contributed by atoms with Crippen molar-refractivity contribution in [1.82, 2.24) is 14.9 Å². The number of piperidine rings is 1. The molecule has 0 N–H and O–H groups in total. The predicted octanol–water partition coefficient (Wildman–Crippen LogP) is 4.73. The lowest BCUT2D eigenvalue weighted by Gasteiger charge is -2.40. The van der Waals surface area contributed by atoms with E-state index < -0.39 is 0 Å². The Balaban J connectivity index is 1.49. The minimum absolute atomic E-state index is 0.252. The summed E-state index contributed by atoms with van der Waals surface area (Å²) in [5.41, 5.74) is 2.29. The van der Waals surface area contributed by atoms with E-state index in [0.717, 1.165) is 37.5 Å². The summed E-state index contributed by atoms with van der Waals surface area (Å²) in [4.78, 5) is 12.6. The molecule has 1 aromatic carbocycles. The van der Waals surface area contributed by atoms with Gasteiger partial charge in [0, 0.05) is 44.8 Å². The Hall–Kier alpha value is -2.08. The SMILES string of the molecule is CCOC1(c2ncc(-c3ccncc3)s2)CCN(Cc2ccccc2)CC1. The molecule has 0 unspecified atom stereocenters. The van der Waals surface area contributed by atoms with Crippen LogP contribution in [0.2, 0.25) is 0 Å². The van der Waals surface area contributed by atoms with Gasteiger partial charge in [0.25, 0.3) is 0 Å². The van der Waals surface area contributed by atoms with Gasteiger partial charge in [-0.1, -0.05) is 30.3 Å². The van der Waals surface area contributed by atoms with Gasteiger partial charge in [0.05, 0.1) is 4.88 Å². The Morgan fingerprint density at radius 3 is 2.52 bits per heavy atom. The molecule has 1 aliphatic rings. The van der Waals surface area contributed by atoms with Crippen LogP contribution >= 0.6 is 11.3 Å². The minimum atomic E-state index is -0.252. The molecule has 4 rings (SSSR count). The third kappa shape index (κ3) is 4.10. The molecule has 3 heterocycles. The standard InChI is InChI=1S/C22H25N3OS/c1-2-26-22(21-24-16-20(27-21)19-8-12-23-13-9-19)10-14-25(15-11-22)17-18-6-4-3-5-7-18/h3-9,12-13,16H,2,10-11,14-15,17H2,1H3. The molecule has 0 radical (unpaired) electrons. The van der Waals surface area contributed by atoms with Crippen molar-refractivity contribution in [2.45, 2.75) is 31.9 Å². The van der Waals surface area contributed by atoms with Crippen LogP contribution in [0.25, 0.3) is 10.4 Å². The highest BCUT2D eigenvalue weighted by Gasteiger charge is 2.39. The Kier molecular flexibility index (Phi) is 5.62. The van der Waals surface area contributed by atoms with Gasteiger partial charge in [-0.3, -0.25) is 9.88 Å². The molecule has 0 bridgehead atoms. The molecule has 0 spiro atoms. The first-order valence-corrected chi connectivity index (χ1v) is 10.4. The lowest BCUT2D eigenvalue weighted by molar-refractivity contribution is -0.0861. The molecule has 3 aromatic rings. The first-order chi connectivity index (χ1) is 13.3.